The summed E-state index contributed by atoms with van der Waals surface area (Å²) in [6.45, 7) is 7.02. The van der Waals surface area contributed by atoms with Gasteiger partial charge in [0.15, 0.2) is 12.4 Å². The molecular weight excluding hydrogens is 360 g/mol. The normalized spacial score (nSPS) is 10.8. The van der Waals surface area contributed by atoms with Gasteiger partial charge >= 0.3 is 5.97 Å². The van der Waals surface area contributed by atoms with Crippen LogP contribution in [-0.4, -0.2) is 35.2 Å². The molecule has 2 aromatic heterocycles. The molecule has 0 fully saturated rings. The number of hydrogen-bond donors (Lipinski definition) is 0. The van der Waals surface area contributed by atoms with E-state index >= 15 is 0 Å². The predicted molar refractivity (Wildman–Crippen MR) is 102 cm³/mol. The van der Waals surface area contributed by atoms with E-state index < -0.39 is 5.97 Å². The van der Waals surface area contributed by atoms with Crippen molar-refractivity contribution in [1.82, 2.24) is 9.72 Å². The molecule has 28 heavy (non-hydrogen) atoms. The lowest BCUT2D eigenvalue weighted by molar-refractivity contribution is 0.0474. The quantitative estimate of drug-likeness (QED) is 0.477. The summed E-state index contributed by atoms with van der Waals surface area (Å²) in [5, 5.41) is 4.00. The average Bonchev–Trinajstić information content (AvgIpc) is 3.22. The fraction of sp³-hybridized carbons (Fsp3) is 0.286. The van der Waals surface area contributed by atoms with Gasteiger partial charge < -0.3 is 14.0 Å². The van der Waals surface area contributed by atoms with Crippen molar-refractivity contribution < 1.29 is 23.6 Å². The second-order valence-corrected chi connectivity index (χ2v) is 6.60. The van der Waals surface area contributed by atoms with Crippen molar-refractivity contribution in [2.75, 3.05) is 13.7 Å². The third-order valence-electron chi connectivity index (χ3n) is 4.55. The molecule has 2 heterocycles. The van der Waals surface area contributed by atoms with Crippen LogP contribution >= 0.6 is 0 Å². The Kier molecular flexibility index (Phi) is 5.35. The number of rotatable bonds is 6. The van der Waals surface area contributed by atoms with E-state index in [1.165, 1.54) is 7.11 Å². The highest BCUT2D eigenvalue weighted by molar-refractivity contribution is 6.00. The van der Waals surface area contributed by atoms with Gasteiger partial charge in [-0.05, 0) is 51.5 Å². The fourth-order valence-corrected chi connectivity index (χ4v) is 3.10. The van der Waals surface area contributed by atoms with Gasteiger partial charge in [-0.15, -0.1) is 0 Å². The Hall–Kier alpha value is -3.35. The zero-order chi connectivity index (χ0) is 20.4. The summed E-state index contributed by atoms with van der Waals surface area (Å²) in [6.07, 6.45) is 0. The van der Waals surface area contributed by atoms with Gasteiger partial charge in [0.1, 0.15) is 11.5 Å². The number of hydrogen-bond acceptors (Lipinski definition) is 6. The Balaban J connectivity index is 1.74. The summed E-state index contributed by atoms with van der Waals surface area (Å²) < 4.78 is 17.4. The standard InChI is InChI=1S/C21H22N2O5/c1-12-6-7-16(10-19(12)26-5)21(25)27-11-18(24)17-8-13(2)23(15(17)4)20-9-14(3)28-22-20/h6-10H,11H2,1-5H3. The van der Waals surface area contributed by atoms with Crippen LogP contribution in [0.15, 0.2) is 34.9 Å². The van der Waals surface area contributed by atoms with E-state index in [0.717, 1.165) is 11.3 Å². The van der Waals surface area contributed by atoms with Crippen LogP contribution in [0.3, 0.4) is 0 Å². The number of methoxy groups -OCH3 is 1. The number of ether oxygens (including phenoxy) is 2. The van der Waals surface area contributed by atoms with Crippen LogP contribution in [0.25, 0.3) is 5.82 Å². The van der Waals surface area contributed by atoms with Crippen LogP contribution in [-0.2, 0) is 4.74 Å². The molecule has 0 bridgehead atoms. The first kappa shape index (κ1) is 19.4. The lowest BCUT2D eigenvalue weighted by atomic mass is 10.1. The number of Topliss-reactive ketones (excluding diaryl/α,β-unsaturated/α-hetero) is 1. The summed E-state index contributed by atoms with van der Waals surface area (Å²) in [4.78, 5) is 24.9. The number of esters is 1. The van der Waals surface area contributed by atoms with Crippen LogP contribution in [0, 0.1) is 27.7 Å². The second-order valence-electron chi connectivity index (χ2n) is 6.60. The zero-order valence-electron chi connectivity index (χ0n) is 16.5. The summed E-state index contributed by atoms with van der Waals surface area (Å²) in [5.41, 5.74) is 3.27. The predicted octanol–water partition coefficient (Wildman–Crippen LogP) is 3.75. The van der Waals surface area contributed by atoms with Gasteiger partial charge in [-0.2, -0.15) is 0 Å². The maximum Gasteiger partial charge on any atom is 0.338 e. The molecule has 7 heteroatoms. The molecule has 0 aliphatic carbocycles. The van der Waals surface area contributed by atoms with Crippen LogP contribution in [0.4, 0.5) is 0 Å². The summed E-state index contributed by atoms with van der Waals surface area (Å²) in [6, 6.07) is 8.55. The average molecular weight is 382 g/mol. The van der Waals surface area contributed by atoms with Gasteiger partial charge in [0.05, 0.1) is 12.7 Å². The SMILES string of the molecule is COc1cc(C(=O)OCC(=O)c2cc(C)n(-c3cc(C)on3)c2C)ccc1C. The summed E-state index contributed by atoms with van der Waals surface area (Å²) in [7, 11) is 1.53. The molecular formula is C21H22N2O5. The zero-order valence-corrected chi connectivity index (χ0v) is 16.5. The number of carbonyl (C=O) groups is 2. The Bertz CT molecular complexity index is 1050. The van der Waals surface area contributed by atoms with E-state index in [-0.39, 0.29) is 12.4 Å². The molecule has 146 valence electrons. The molecule has 0 saturated carbocycles. The Morgan fingerprint density at radius 3 is 2.50 bits per heavy atom. The summed E-state index contributed by atoms with van der Waals surface area (Å²) in [5.74, 6) is 1.01. The number of aromatic nitrogens is 2. The van der Waals surface area contributed by atoms with Crippen molar-refractivity contribution >= 4 is 11.8 Å². The molecule has 0 atom stereocenters. The van der Waals surface area contributed by atoms with Crippen molar-refractivity contribution in [3.8, 4) is 11.6 Å². The van der Waals surface area contributed by atoms with E-state index in [4.69, 9.17) is 14.0 Å². The molecule has 0 aliphatic rings. The van der Waals surface area contributed by atoms with Crippen LogP contribution in [0.2, 0.25) is 0 Å². The van der Waals surface area contributed by atoms with E-state index in [1.54, 1.807) is 37.3 Å². The van der Waals surface area contributed by atoms with Crippen molar-refractivity contribution in [1.29, 1.82) is 0 Å². The molecule has 3 rings (SSSR count). The first-order chi connectivity index (χ1) is 13.3. The number of carbonyl (C=O) groups excluding carboxylic acids is 2. The van der Waals surface area contributed by atoms with E-state index in [1.807, 2.05) is 25.3 Å². The summed E-state index contributed by atoms with van der Waals surface area (Å²) >= 11 is 0. The van der Waals surface area contributed by atoms with Gasteiger partial charge in [-0.3, -0.25) is 9.36 Å². The molecule has 0 N–H and O–H groups in total. The van der Waals surface area contributed by atoms with Crippen molar-refractivity contribution in [2.45, 2.75) is 27.7 Å². The van der Waals surface area contributed by atoms with Gasteiger partial charge in [-0.25, -0.2) is 4.79 Å². The van der Waals surface area contributed by atoms with Crippen molar-refractivity contribution in [3.63, 3.8) is 0 Å². The van der Waals surface area contributed by atoms with Crippen LogP contribution < -0.4 is 4.74 Å². The smallest absolute Gasteiger partial charge is 0.338 e. The molecule has 1 aromatic carbocycles. The van der Waals surface area contributed by atoms with E-state index in [9.17, 15) is 9.59 Å². The molecule has 0 amide bonds. The van der Waals surface area contributed by atoms with Gasteiger partial charge in [0.2, 0.25) is 5.78 Å². The third kappa shape index (κ3) is 3.69. The molecule has 0 saturated heterocycles. The maximum absolute atomic E-state index is 12.6. The van der Waals surface area contributed by atoms with Crippen LogP contribution in [0.1, 0.15) is 43.4 Å². The second kappa shape index (κ2) is 7.72. The molecule has 3 aromatic rings. The number of ketones is 1. The van der Waals surface area contributed by atoms with Gasteiger partial charge in [0, 0.05) is 23.0 Å². The Morgan fingerprint density at radius 1 is 1.11 bits per heavy atom. The molecule has 0 radical (unpaired) electrons. The highest BCUT2D eigenvalue weighted by Crippen LogP contribution is 2.22. The monoisotopic (exact) mass is 382 g/mol. The minimum atomic E-state index is -0.576. The number of nitrogens with zero attached hydrogens (tertiary/aromatic N) is 2. The topological polar surface area (TPSA) is 83.6 Å². The maximum atomic E-state index is 12.6. The Labute approximate surface area is 162 Å². The lowest BCUT2D eigenvalue weighted by Gasteiger charge is -2.08. The lowest BCUT2D eigenvalue weighted by Crippen LogP contribution is -2.15. The first-order valence-electron chi connectivity index (χ1n) is 8.79. The molecule has 0 aliphatic heterocycles. The van der Waals surface area contributed by atoms with Gasteiger partial charge in [-0.1, -0.05) is 11.2 Å². The minimum Gasteiger partial charge on any atom is -0.496 e. The number of benzene rings is 1. The van der Waals surface area contributed by atoms with E-state index in [2.05, 4.69) is 5.16 Å². The Morgan fingerprint density at radius 2 is 1.86 bits per heavy atom. The molecule has 0 unspecified atom stereocenters. The minimum absolute atomic E-state index is 0.285. The van der Waals surface area contributed by atoms with Gasteiger partial charge in [0.25, 0.3) is 0 Å². The van der Waals surface area contributed by atoms with Crippen LogP contribution in [0.5, 0.6) is 5.75 Å². The fourth-order valence-electron chi connectivity index (χ4n) is 3.10. The number of aryl methyl sites for hydroxylation is 3. The molecule has 7 nitrogen and oxygen atoms in total. The first-order valence-corrected chi connectivity index (χ1v) is 8.79. The van der Waals surface area contributed by atoms with E-state index in [0.29, 0.717) is 34.1 Å². The third-order valence-corrected chi connectivity index (χ3v) is 4.55. The van der Waals surface area contributed by atoms with Crippen molar-refractivity contribution in [2.24, 2.45) is 0 Å². The highest BCUT2D eigenvalue weighted by Gasteiger charge is 2.20. The highest BCUT2D eigenvalue weighted by atomic mass is 16.5. The largest absolute Gasteiger partial charge is 0.496 e. The van der Waals surface area contributed by atoms with Crippen molar-refractivity contribution in [3.05, 3.63) is 64.2 Å². The molecule has 0 spiro atoms.